The van der Waals surface area contributed by atoms with E-state index < -0.39 is 0 Å². The van der Waals surface area contributed by atoms with Gasteiger partial charge in [-0.05, 0) is 26.9 Å². The van der Waals surface area contributed by atoms with Gasteiger partial charge in [-0.2, -0.15) is 0 Å². The van der Waals surface area contributed by atoms with Crippen molar-refractivity contribution < 1.29 is 17.1 Å². The monoisotopic (exact) mass is 245 g/mol. The summed E-state index contributed by atoms with van der Waals surface area (Å²) >= 11 is 0. The van der Waals surface area contributed by atoms with Crippen LogP contribution in [-0.2, 0) is 17.1 Å². The van der Waals surface area contributed by atoms with E-state index in [4.69, 9.17) is 0 Å². The van der Waals surface area contributed by atoms with Gasteiger partial charge >= 0.3 is 0 Å². The van der Waals surface area contributed by atoms with E-state index in [2.05, 4.69) is 61.5 Å². The van der Waals surface area contributed by atoms with Crippen LogP contribution in [0.25, 0.3) is 0 Å². The summed E-state index contributed by atoms with van der Waals surface area (Å²) in [5.41, 5.74) is 1.51. The van der Waals surface area contributed by atoms with Crippen LogP contribution >= 0.6 is 0 Å². The summed E-state index contributed by atoms with van der Waals surface area (Å²) < 4.78 is 0. The van der Waals surface area contributed by atoms with Crippen molar-refractivity contribution in [1.29, 1.82) is 0 Å². The Hall–Kier alpha value is -0.561. The summed E-state index contributed by atoms with van der Waals surface area (Å²) in [6.07, 6.45) is 17.2. The normalized spacial score (nSPS) is 16.1. The molecule has 0 aromatic carbocycles. The van der Waals surface area contributed by atoms with E-state index in [1.54, 1.807) is 0 Å². The van der Waals surface area contributed by atoms with Gasteiger partial charge in [0.15, 0.2) is 0 Å². The average molecular weight is 245 g/mol. The minimum absolute atomic E-state index is 0. The second-order valence-corrected chi connectivity index (χ2v) is 3.79. The maximum absolute atomic E-state index is 2.19. The van der Waals surface area contributed by atoms with Crippen LogP contribution in [0, 0.1) is 0 Å². The van der Waals surface area contributed by atoms with E-state index in [-0.39, 0.29) is 17.1 Å². The van der Waals surface area contributed by atoms with Gasteiger partial charge in [0.25, 0.3) is 0 Å². The van der Waals surface area contributed by atoms with Crippen LogP contribution in [0.5, 0.6) is 0 Å². The van der Waals surface area contributed by atoms with E-state index in [0.717, 1.165) is 19.4 Å². The van der Waals surface area contributed by atoms with Gasteiger partial charge in [0.1, 0.15) is 0 Å². The van der Waals surface area contributed by atoms with E-state index in [1.165, 1.54) is 5.57 Å². The molecule has 2 heteroatoms. The summed E-state index contributed by atoms with van der Waals surface area (Å²) in [6, 6.07) is 0. The first kappa shape index (κ1) is 14.4. The minimum Gasteiger partial charge on any atom is -0.305 e. The number of allylic oxidation sites excluding steroid dienone is 7. The summed E-state index contributed by atoms with van der Waals surface area (Å²) in [7, 11) is 4.19. The fraction of sp³-hybridized carbons (Fsp3) is 0.385. The molecule has 0 N–H and O–H groups in total. The van der Waals surface area contributed by atoms with Crippen molar-refractivity contribution in [2.24, 2.45) is 0 Å². The smallest absolute Gasteiger partial charge is 0.0193 e. The molecule has 15 heavy (non-hydrogen) atoms. The van der Waals surface area contributed by atoms with E-state index in [9.17, 15) is 0 Å². The van der Waals surface area contributed by atoms with Crippen LogP contribution in [0.2, 0.25) is 0 Å². The molecule has 0 unspecified atom stereocenters. The van der Waals surface area contributed by atoms with Crippen molar-refractivity contribution in [2.75, 3.05) is 20.6 Å². The van der Waals surface area contributed by atoms with Gasteiger partial charge in [0.05, 0.1) is 0 Å². The Morgan fingerprint density at radius 3 is 2.07 bits per heavy atom. The van der Waals surface area contributed by atoms with Crippen molar-refractivity contribution in [3.05, 3.63) is 48.1 Å². The fourth-order valence-electron chi connectivity index (χ4n) is 1.41. The molecule has 0 heterocycles. The van der Waals surface area contributed by atoms with Gasteiger partial charge in [-0.25, -0.2) is 0 Å². The zero-order chi connectivity index (χ0) is 10.2. The zero-order valence-electron chi connectivity index (χ0n) is 9.46. The second kappa shape index (κ2) is 8.72. The number of likely N-dealkylation sites (N-methyl/N-ethyl adjacent to an activating group) is 1. The van der Waals surface area contributed by atoms with E-state index in [1.807, 2.05) is 0 Å². The molecule has 2 aliphatic carbocycles. The molecule has 2 aliphatic rings. The molecule has 0 saturated heterocycles. The van der Waals surface area contributed by atoms with Crippen molar-refractivity contribution in [3.8, 4) is 0 Å². The summed E-state index contributed by atoms with van der Waals surface area (Å²) in [6.45, 7) is 1.10. The van der Waals surface area contributed by atoms with Crippen LogP contribution < -0.4 is 0 Å². The largest absolute Gasteiger partial charge is 0.305 e. The minimum atomic E-state index is 0. The summed E-state index contributed by atoms with van der Waals surface area (Å²) in [5.74, 6) is 0. The zero-order valence-corrected chi connectivity index (χ0v) is 10.6. The van der Waals surface area contributed by atoms with Gasteiger partial charge in [0, 0.05) is 23.6 Å². The molecule has 0 radical (unpaired) electrons. The molecule has 1 nitrogen and oxygen atoms in total. The number of rotatable bonds is 2. The number of hydrogen-bond donors (Lipinski definition) is 0. The second-order valence-electron chi connectivity index (χ2n) is 3.79. The van der Waals surface area contributed by atoms with E-state index in [0.29, 0.717) is 0 Å². The number of nitrogens with zero attached hydrogens (tertiary/aromatic N) is 1. The van der Waals surface area contributed by atoms with Crippen molar-refractivity contribution in [2.45, 2.75) is 12.8 Å². The first-order valence-electron chi connectivity index (χ1n) is 5.10. The molecule has 2 rings (SSSR count). The molecule has 0 bridgehead atoms. The maximum atomic E-state index is 2.19. The molecule has 0 fully saturated rings. The molecule has 0 amide bonds. The van der Waals surface area contributed by atoms with Crippen molar-refractivity contribution in [3.63, 3.8) is 0 Å². The molecule has 0 saturated carbocycles. The third kappa shape index (κ3) is 7.38. The molecule has 84 valence electrons. The van der Waals surface area contributed by atoms with Gasteiger partial charge in [-0.1, -0.05) is 48.1 Å². The van der Waals surface area contributed by atoms with Crippen molar-refractivity contribution >= 4 is 0 Å². The standard InChI is InChI=1S/C8H13N.C5H6.Fe/c1-9(2)7-8-5-3-4-6-8;1-2-4-5-3-1;/h3-5H,6-7H2,1-2H3;1-4H,5H2;. The summed E-state index contributed by atoms with van der Waals surface area (Å²) in [5, 5.41) is 0. The molecule has 0 spiro atoms. The van der Waals surface area contributed by atoms with Crippen LogP contribution in [0.3, 0.4) is 0 Å². The third-order valence-corrected chi connectivity index (χ3v) is 2.02. The summed E-state index contributed by atoms with van der Waals surface area (Å²) in [4.78, 5) is 2.19. The van der Waals surface area contributed by atoms with Crippen LogP contribution in [0.4, 0.5) is 0 Å². The first-order valence-corrected chi connectivity index (χ1v) is 5.10. The van der Waals surface area contributed by atoms with Gasteiger partial charge < -0.3 is 4.90 Å². The molecular formula is C13H19FeN. The molecular weight excluding hydrogens is 226 g/mol. The topological polar surface area (TPSA) is 3.24 Å². The number of hydrogen-bond acceptors (Lipinski definition) is 1. The molecule has 0 atom stereocenters. The fourth-order valence-corrected chi connectivity index (χ4v) is 1.41. The Bertz CT molecular complexity index is 262. The first-order chi connectivity index (χ1) is 6.79. The van der Waals surface area contributed by atoms with Gasteiger partial charge in [-0.15, -0.1) is 0 Å². The van der Waals surface area contributed by atoms with Gasteiger partial charge in [-0.3, -0.25) is 0 Å². The SMILES string of the molecule is C1=CCC=C1.CN(C)CC1=CC=CC1.[Fe]. The predicted molar refractivity (Wildman–Crippen MR) is 63.3 cm³/mol. The molecule has 0 aliphatic heterocycles. The Kier molecular flexibility index (Phi) is 8.40. The Balaban J connectivity index is 0.000000280. The Morgan fingerprint density at radius 1 is 1.07 bits per heavy atom. The Labute approximate surface area is 104 Å². The molecule has 0 aromatic rings. The molecule has 0 aromatic heterocycles. The average Bonchev–Trinajstić information content (AvgIpc) is 2.75. The Morgan fingerprint density at radius 2 is 1.73 bits per heavy atom. The van der Waals surface area contributed by atoms with Crippen molar-refractivity contribution in [1.82, 2.24) is 4.90 Å². The quantitative estimate of drug-likeness (QED) is 0.676. The van der Waals surface area contributed by atoms with E-state index >= 15 is 0 Å². The van der Waals surface area contributed by atoms with Crippen LogP contribution in [0.15, 0.2) is 48.1 Å². The van der Waals surface area contributed by atoms with Gasteiger partial charge in [0.2, 0.25) is 0 Å². The predicted octanol–water partition coefficient (Wildman–Crippen LogP) is 2.93. The maximum Gasteiger partial charge on any atom is 0.0193 e. The third-order valence-electron chi connectivity index (χ3n) is 2.02. The van der Waals surface area contributed by atoms with Crippen LogP contribution in [0.1, 0.15) is 12.8 Å². The van der Waals surface area contributed by atoms with Crippen LogP contribution in [-0.4, -0.2) is 25.5 Å².